The lowest BCUT2D eigenvalue weighted by molar-refractivity contribution is -0.277. The summed E-state index contributed by atoms with van der Waals surface area (Å²) < 4.78 is 5.77. The Morgan fingerprint density at radius 2 is 1.52 bits per heavy atom. The SMILES string of the molecule is CC1CCC2(C)CCC3C(=CCC4C3(C)CCC3C4(C)CCC(C4OC(C(=O)O)C(O)C(O)C4O)[C@@]3(C)O)C2C1. The van der Waals surface area contributed by atoms with Crippen LogP contribution in [0.3, 0.4) is 0 Å². The number of rotatable bonds is 2. The Kier molecular flexibility index (Phi) is 6.91. The lowest BCUT2D eigenvalue weighted by Gasteiger charge is -2.68. The summed E-state index contributed by atoms with van der Waals surface area (Å²) in [4.78, 5) is 11.8. The number of hydrogen-bond donors (Lipinski definition) is 5. The quantitative estimate of drug-likeness (QED) is 0.319. The van der Waals surface area contributed by atoms with Crippen LogP contribution >= 0.6 is 0 Å². The number of carboxylic acid groups (broad SMARTS) is 1. The van der Waals surface area contributed by atoms with Crippen molar-refractivity contribution in [2.75, 3.05) is 0 Å². The van der Waals surface area contributed by atoms with Gasteiger partial charge in [-0.15, -0.1) is 0 Å². The number of carbonyl (C=O) groups is 1. The lowest BCUT2D eigenvalue weighted by atomic mass is 9.37. The Morgan fingerprint density at radius 3 is 2.23 bits per heavy atom. The molecule has 6 aliphatic rings. The van der Waals surface area contributed by atoms with Gasteiger partial charge in [-0.05, 0) is 111 Å². The van der Waals surface area contributed by atoms with Crippen LogP contribution in [0.2, 0.25) is 0 Å². The number of allylic oxidation sites excluding steroid dienone is 2. The molecule has 4 saturated carbocycles. The second kappa shape index (κ2) is 9.51. The van der Waals surface area contributed by atoms with E-state index in [9.17, 15) is 30.3 Å². The molecule has 1 heterocycles. The number of ether oxygens (including phenoxy) is 1. The van der Waals surface area contributed by atoms with Gasteiger partial charge in [0.15, 0.2) is 6.10 Å². The first kappa shape index (κ1) is 29.1. The predicted octanol–water partition coefficient (Wildman–Crippen LogP) is 4.30. The topological polar surface area (TPSA) is 127 Å². The standard InChI is InChI=1S/C33H52O7/c1-17-8-12-30(2)13-9-19-18(21(30)16-17)6-7-22-31(19,3)15-11-23-32(22,4)14-10-20(33(23,5)39)27-25(35)24(34)26(36)28(40-27)29(37)38/h6,17,19-28,34-36,39H,7-16H2,1-5H3,(H,37,38)/t17?,19?,20?,21?,22?,23?,24?,25?,26?,27?,28?,30?,31?,32?,33-/m1/s1. The molecule has 7 heteroatoms. The van der Waals surface area contributed by atoms with Gasteiger partial charge in [0.1, 0.15) is 18.3 Å². The van der Waals surface area contributed by atoms with Crippen molar-refractivity contribution in [1.82, 2.24) is 0 Å². The van der Waals surface area contributed by atoms with Crippen molar-refractivity contribution >= 4 is 5.97 Å². The average molecular weight is 561 g/mol. The van der Waals surface area contributed by atoms with E-state index in [-0.39, 0.29) is 16.7 Å². The molecule has 0 bridgehead atoms. The van der Waals surface area contributed by atoms with Crippen molar-refractivity contribution in [3.8, 4) is 0 Å². The van der Waals surface area contributed by atoms with Crippen molar-refractivity contribution in [1.29, 1.82) is 0 Å². The first-order chi connectivity index (χ1) is 18.6. The lowest BCUT2D eigenvalue weighted by Crippen LogP contribution is -2.68. The third kappa shape index (κ3) is 3.97. The fourth-order valence-corrected chi connectivity index (χ4v) is 11.7. The van der Waals surface area contributed by atoms with Gasteiger partial charge in [-0.1, -0.05) is 45.8 Å². The summed E-state index contributed by atoms with van der Waals surface area (Å²) in [6, 6.07) is 0. The smallest absolute Gasteiger partial charge is 0.335 e. The Morgan fingerprint density at radius 1 is 0.850 bits per heavy atom. The van der Waals surface area contributed by atoms with Gasteiger partial charge in [0, 0.05) is 5.92 Å². The molecule has 1 aliphatic heterocycles. The highest BCUT2D eigenvalue weighted by Gasteiger charge is 2.67. The van der Waals surface area contributed by atoms with Crippen LogP contribution in [0.15, 0.2) is 11.6 Å². The first-order valence-electron chi connectivity index (χ1n) is 16.0. The highest BCUT2D eigenvalue weighted by Crippen LogP contribution is 2.71. The van der Waals surface area contributed by atoms with Gasteiger partial charge in [0.2, 0.25) is 0 Å². The molecule has 0 aromatic heterocycles. The predicted molar refractivity (Wildman–Crippen MR) is 150 cm³/mol. The van der Waals surface area contributed by atoms with Crippen LogP contribution < -0.4 is 0 Å². The van der Waals surface area contributed by atoms with Crippen molar-refractivity contribution in [2.24, 2.45) is 51.8 Å². The molecule has 226 valence electrons. The number of aliphatic hydroxyl groups excluding tert-OH is 3. The third-order valence-corrected chi connectivity index (χ3v) is 14.0. The molecule has 7 nitrogen and oxygen atoms in total. The zero-order chi connectivity index (χ0) is 29.0. The molecule has 0 spiro atoms. The second-order valence-corrected chi connectivity index (χ2v) is 16.0. The van der Waals surface area contributed by atoms with E-state index in [0.717, 1.165) is 31.6 Å². The molecule has 6 rings (SSSR count). The van der Waals surface area contributed by atoms with Crippen molar-refractivity contribution < 1.29 is 35.1 Å². The van der Waals surface area contributed by atoms with E-state index >= 15 is 0 Å². The van der Waals surface area contributed by atoms with Crippen molar-refractivity contribution in [2.45, 2.75) is 135 Å². The zero-order valence-electron chi connectivity index (χ0n) is 25.1. The van der Waals surface area contributed by atoms with Crippen molar-refractivity contribution in [3.05, 3.63) is 11.6 Å². The normalized spacial score (nSPS) is 58.0. The molecule has 5 aliphatic carbocycles. The van der Waals surface area contributed by atoms with Gasteiger partial charge in [0.25, 0.3) is 0 Å². The van der Waals surface area contributed by atoms with Gasteiger partial charge < -0.3 is 30.3 Å². The number of aliphatic hydroxyl groups is 4. The highest BCUT2D eigenvalue weighted by molar-refractivity contribution is 5.73. The molecule has 0 amide bonds. The largest absolute Gasteiger partial charge is 0.479 e. The van der Waals surface area contributed by atoms with E-state index < -0.39 is 48.0 Å². The Labute approximate surface area is 239 Å². The van der Waals surface area contributed by atoms with Crippen LogP contribution in [0.1, 0.15) is 98.8 Å². The minimum atomic E-state index is -1.72. The van der Waals surface area contributed by atoms with Gasteiger partial charge in [-0.25, -0.2) is 4.79 Å². The first-order valence-corrected chi connectivity index (χ1v) is 16.0. The molecule has 0 aromatic rings. The maximum atomic E-state index is 12.3. The molecular formula is C33H52O7. The van der Waals surface area contributed by atoms with Crippen LogP contribution in [-0.2, 0) is 9.53 Å². The molecule has 0 radical (unpaired) electrons. The average Bonchev–Trinajstić information content (AvgIpc) is 2.88. The van der Waals surface area contributed by atoms with E-state index in [0.29, 0.717) is 29.6 Å². The number of aliphatic carboxylic acids is 1. The van der Waals surface area contributed by atoms with Gasteiger partial charge in [0.05, 0.1) is 11.7 Å². The molecule has 5 fully saturated rings. The monoisotopic (exact) mass is 560 g/mol. The van der Waals surface area contributed by atoms with Crippen LogP contribution in [-0.4, -0.2) is 67.6 Å². The van der Waals surface area contributed by atoms with Crippen LogP contribution in [0.4, 0.5) is 0 Å². The molecule has 40 heavy (non-hydrogen) atoms. The van der Waals surface area contributed by atoms with E-state index in [2.05, 4.69) is 33.8 Å². The van der Waals surface area contributed by atoms with Gasteiger partial charge in [-0.2, -0.15) is 0 Å². The highest BCUT2D eigenvalue weighted by atomic mass is 16.6. The molecule has 1 saturated heterocycles. The summed E-state index contributed by atoms with van der Waals surface area (Å²) in [5.74, 6) is 0.595. The number of hydrogen-bond acceptors (Lipinski definition) is 6. The molecule has 5 N–H and O–H groups in total. The summed E-state index contributed by atoms with van der Waals surface area (Å²) in [5, 5.41) is 53.5. The minimum absolute atomic E-state index is 0.0293. The summed E-state index contributed by atoms with van der Waals surface area (Å²) in [6.07, 6.45) is 6.10. The fourth-order valence-electron chi connectivity index (χ4n) is 11.7. The maximum Gasteiger partial charge on any atom is 0.335 e. The molecule has 0 aromatic carbocycles. The van der Waals surface area contributed by atoms with E-state index in [1.54, 1.807) is 5.57 Å². The van der Waals surface area contributed by atoms with Crippen molar-refractivity contribution in [3.63, 3.8) is 0 Å². The Hall–Kier alpha value is -0.990. The molecular weight excluding hydrogens is 508 g/mol. The Balaban J connectivity index is 1.29. The van der Waals surface area contributed by atoms with Gasteiger partial charge in [-0.3, -0.25) is 0 Å². The minimum Gasteiger partial charge on any atom is -0.479 e. The summed E-state index contributed by atoms with van der Waals surface area (Å²) in [5.41, 5.74) is 1.06. The summed E-state index contributed by atoms with van der Waals surface area (Å²) in [6.45, 7) is 11.7. The van der Waals surface area contributed by atoms with E-state index in [1.165, 1.54) is 32.1 Å². The molecule has 14 unspecified atom stereocenters. The third-order valence-electron chi connectivity index (χ3n) is 14.0. The second-order valence-electron chi connectivity index (χ2n) is 16.0. The van der Waals surface area contributed by atoms with E-state index in [4.69, 9.17) is 4.74 Å². The maximum absolute atomic E-state index is 12.3. The van der Waals surface area contributed by atoms with Crippen LogP contribution in [0.25, 0.3) is 0 Å². The number of fused-ring (bicyclic) bond motifs is 7. The van der Waals surface area contributed by atoms with Crippen LogP contribution in [0, 0.1) is 51.8 Å². The van der Waals surface area contributed by atoms with E-state index in [1.807, 2.05) is 6.92 Å². The fraction of sp³-hybridized carbons (Fsp3) is 0.909. The summed E-state index contributed by atoms with van der Waals surface area (Å²) >= 11 is 0. The van der Waals surface area contributed by atoms with Gasteiger partial charge >= 0.3 is 5.97 Å². The van der Waals surface area contributed by atoms with Crippen LogP contribution in [0.5, 0.6) is 0 Å². The molecule has 15 atom stereocenters. The number of carboxylic acids is 1. The Bertz CT molecular complexity index is 1060. The zero-order valence-corrected chi connectivity index (χ0v) is 25.1. The summed E-state index contributed by atoms with van der Waals surface area (Å²) in [7, 11) is 0.